The van der Waals surface area contributed by atoms with Gasteiger partial charge in [0, 0.05) is 0 Å². The number of ether oxygens (including phenoxy) is 2. The molecule has 14 heteroatoms. The van der Waals surface area contributed by atoms with Gasteiger partial charge in [0.1, 0.15) is 18.2 Å². The van der Waals surface area contributed by atoms with Crippen LogP contribution in [-0.2, 0) is 28.2 Å². The third-order valence-electron chi connectivity index (χ3n) is 8.80. The summed E-state index contributed by atoms with van der Waals surface area (Å²) in [6.07, 6.45) is 11.0. The number of carbonyl (C=O) groups is 2. The highest BCUT2D eigenvalue weighted by Crippen LogP contribution is 2.41. The van der Waals surface area contributed by atoms with Crippen LogP contribution in [0.15, 0.2) is 0 Å². The lowest BCUT2D eigenvalue weighted by Gasteiger charge is -2.43. The van der Waals surface area contributed by atoms with E-state index in [9.17, 15) is 44.4 Å². The zero-order valence-electron chi connectivity index (χ0n) is 29.4. The Morgan fingerprint density at radius 2 is 1.19 bits per heavy atom. The van der Waals surface area contributed by atoms with E-state index in [2.05, 4.69) is 19.2 Å². The van der Waals surface area contributed by atoms with Gasteiger partial charge in [0.05, 0.1) is 31.7 Å². The molecule has 284 valence electrons. The van der Waals surface area contributed by atoms with Crippen LogP contribution >= 0.6 is 7.82 Å². The maximum absolute atomic E-state index is 12.9. The van der Waals surface area contributed by atoms with Gasteiger partial charge in [0.15, 0.2) is 12.4 Å². The van der Waals surface area contributed by atoms with Crippen molar-refractivity contribution < 1.29 is 58.4 Å². The Hall–Kier alpha value is -1.15. The molecule has 1 aliphatic rings. The van der Waals surface area contributed by atoms with E-state index in [1.807, 2.05) is 0 Å². The molecule has 0 unspecified atom stereocenters. The summed E-state index contributed by atoms with van der Waals surface area (Å²) in [7, 11) is -5.21. The molecule has 0 saturated carbocycles. The SMILES string of the molecule is CCCCCCCCCCC[C@@H](O)CC(=O)N[C@@H]1[C@H](OP(=O)(O)O)O[C@H](CO)[C@@H](O)[C@@H]1OC(=O)C[C@H](O)CCCCCCCCCCC. The van der Waals surface area contributed by atoms with Gasteiger partial charge in [-0.15, -0.1) is 0 Å². The van der Waals surface area contributed by atoms with Crippen LogP contribution in [0.4, 0.5) is 0 Å². The van der Waals surface area contributed by atoms with Gasteiger partial charge in [0.2, 0.25) is 5.91 Å². The molecule has 7 N–H and O–H groups in total. The number of aliphatic hydroxyl groups excluding tert-OH is 4. The van der Waals surface area contributed by atoms with Crippen LogP contribution in [0.1, 0.15) is 155 Å². The number of esters is 1. The van der Waals surface area contributed by atoms with Crippen LogP contribution in [0.5, 0.6) is 0 Å². The second kappa shape index (κ2) is 26.6. The number of phosphoric ester groups is 1. The fraction of sp³-hybridized carbons (Fsp3) is 0.941. The van der Waals surface area contributed by atoms with Gasteiger partial charge in [-0.3, -0.25) is 14.1 Å². The maximum Gasteiger partial charge on any atom is 0.472 e. The standard InChI is InChI=1S/C34H66NO12P/c1-3-5-7-9-11-13-15-17-19-21-26(37)23-29(39)35-31-33(32(41)28(25-36)45-34(31)47-48(42,43)44)46-30(40)24-27(38)22-20-18-16-14-12-10-8-6-4-2/h26-28,31-34,36-38,41H,3-25H2,1-2H3,(H,35,39)(H2,42,43,44)/t26-,27-,28-,31+,32-,33-,34+/m1/s1. The highest BCUT2D eigenvalue weighted by atomic mass is 31.2. The van der Waals surface area contributed by atoms with Crippen LogP contribution in [0.25, 0.3) is 0 Å². The van der Waals surface area contributed by atoms with E-state index in [0.29, 0.717) is 19.3 Å². The topological polar surface area (TPSA) is 212 Å². The summed E-state index contributed by atoms with van der Waals surface area (Å²) >= 11 is 0. The second-order valence-corrected chi connectivity index (χ2v) is 14.5. The predicted octanol–water partition coefficient (Wildman–Crippen LogP) is 4.91. The molecule has 1 saturated heterocycles. The Morgan fingerprint density at radius 3 is 1.62 bits per heavy atom. The Labute approximate surface area is 287 Å². The molecule has 0 radical (unpaired) electrons. The van der Waals surface area contributed by atoms with Gasteiger partial charge in [-0.05, 0) is 12.8 Å². The van der Waals surface area contributed by atoms with Gasteiger partial charge in [-0.25, -0.2) is 4.57 Å². The number of hydrogen-bond acceptors (Lipinski definition) is 10. The highest BCUT2D eigenvalue weighted by molar-refractivity contribution is 7.46. The molecule has 7 atom stereocenters. The fourth-order valence-electron chi connectivity index (χ4n) is 6.02. The first-order chi connectivity index (χ1) is 22.9. The first kappa shape index (κ1) is 44.9. The van der Waals surface area contributed by atoms with E-state index in [4.69, 9.17) is 14.0 Å². The quantitative estimate of drug-likeness (QED) is 0.0313. The molecular weight excluding hydrogens is 645 g/mol. The summed E-state index contributed by atoms with van der Waals surface area (Å²) in [5.74, 6) is -1.66. The number of unbranched alkanes of at least 4 members (excludes halogenated alkanes) is 16. The van der Waals surface area contributed by atoms with Crippen LogP contribution in [0, 0.1) is 0 Å². The highest BCUT2D eigenvalue weighted by Gasteiger charge is 2.50. The van der Waals surface area contributed by atoms with Gasteiger partial charge in [-0.2, -0.15) is 0 Å². The third kappa shape index (κ3) is 21.2. The van der Waals surface area contributed by atoms with E-state index in [-0.39, 0.29) is 6.42 Å². The van der Waals surface area contributed by atoms with Crippen molar-refractivity contribution in [1.82, 2.24) is 5.32 Å². The number of amides is 1. The molecule has 0 aromatic heterocycles. The molecule has 1 heterocycles. The van der Waals surface area contributed by atoms with Crippen molar-refractivity contribution in [2.24, 2.45) is 0 Å². The molecule has 0 aliphatic carbocycles. The minimum Gasteiger partial charge on any atom is -0.457 e. The van der Waals surface area contributed by atoms with Gasteiger partial charge >= 0.3 is 13.8 Å². The average molecular weight is 712 g/mol. The molecule has 1 aliphatic heterocycles. The van der Waals surface area contributed by atoms with E-state index in [1.165, 1.54) is 64.2 Å². The lowest BCUT2D eigenvalue weighted by Crippen LogP contribution is -2.65. The lowest BCUT2D eigenvalue weighted by molar-refractivity contribution is -0.254. The third-order valence-corrected chi connectivity index (χ3v) is 9.28. The van der Waals surface area contributed by atoms with Crippen LogP contribution < -0.4 is 5.32 Å². The van der Waals surface area contributed by atoms with Crippen molar-refractivity contribution in [3.63, 3.8) is 0 Å². The first-order valence-electron chi connectivity index (χ1n) is 18.4. The van der Waals surface area contributed by atoms with Crippen LogP contribution in [0.2, 0.25) is 0 Å². The maximum atomic E-state index is 12.9. The average Bonchev–Trinajstić information content (AvgIpc) is 3.01. The van der Waals surface area contributed by atoms with E-state index >= 15 is 0 Å². The molecule has 0 aromatic rings. The zero-order valence-corrected chi connectivity index (χ0v) is 30.3. The first-order valence-corrected chi connectivity index (χ1v) is 20.0. The van der Waals surface area contributed by atoms with Gasteiger partial charge < -0.3 is 45.0 Å². The van der Waals surface area contributed by atoms with Crippen molar-refractivity contribution in [2.45, 2.75) is 198 Å². The van der Waals surface area contributed by atoms with Gasteiger partial charge in [-0.1, -0.05) is 129 Å². The number of phosphoric acid groups is 1. The van der Waals surface area contributed by atoms with Crippen molar-refractivity contribution in [2.75, 3.05) is 6.61 Å². The normalized spacial score (nSPS) is 22.7. The largest absolute Gasteiger partial charge is 0.472 e. The predicted molar refractivity (Wildman–Crippen MR) is 182 cm³/mol. The van der Waals surface area contributed by atoms with Crippen molar-refractivity contribution in [1.29, 1.82) is 0 Å². The summed E-state index contributed by atoms with van der Waals surface area (Å²) < 4.78 is 27.2. The lowest BCUT2D eigenvalue weighted by atomic mass is 9.96. The number of carbonyl (C=O) groups excluding carboxylic acids is 2. The van der Waals surface area contributed by atoms with E-state index < -0.39 is 75.6 Å². The minimum atomic E-state index is -5.21. The van der Waals surface area contributed by atoms with E-state index in [1.54, 1.807) is 0 Å². The fourth-order valence-corrected chi connectivity index (χ4v) is 6.47. The summed E-state index contributed by atoms with van der Waals surface area (Å²) in [5.41, 5.74) is 0. The Morgan fingerprint density at radius 1 is 0.750 bits per heavy atom. The van der Waals surface area contributed by atoms with Gasteiger partial charge in [0.25, 0.3) is 0 Å². The zero-order chi connectivity index (χ0) is 35.8. The van der Waals surface area contributed by atoms with Crippen LogP contribution in [0.3, 0.4) is 0 Å². The summed E-state index contributed by atoms with van der Waals surface area (Å²) in [6.45, 7) is 3.55. The molecule has 1 amide bonds. The summed E-state index contributed by atoms with van der Waals surface area (Å²) in [5, 5.41) is 43.9. The molecular formula is C34H66NO12P. The Kier molecular flexibility index (Phi) is 24.9. The molecule has 13 nitrogen and oxygen atoms in total. The smallest absolute Gasteiger partial charge is 0.457 e. The Bertz CT molecular complexity index is 890. The minimum absolute atomic E-state index is 0.353. The molecule has 0 spiro atoms. The molecule has 0 aromatic carbocycles. The van der Waals surface area contributed by atoms with Crippen molar-refractivity contribution in [3.05, 3.63) is 0 Å². The molecule has 1 fully saturated rings. The monoisotopic (exact) mass is 711 g/mol. The number of rotatable bonds is 29. The second-order valence-electron chi connectivity index (χ2n) is 13.3. The molecule has 0 bridgehead atoms. The summed E-state index contributed by atoms with van der Waals surface area (Å²) in [6, 6.07) is -1.60. The van der Waals surface area contributed by atoms with Crippen molar-refractivity contribution >= 4 is 19.7 Å². The van der Waals surface area contributed by atoms with Crippen molar-refractivity contribution in [3.8, 4) is 0 Å². The number of nitrogens with one attached hydrogen (secondary N) is 1. The summed E-state index contributed by atoms with van der Waals surface area (Å²) in [4.78, 5) is 44.7. The van der Waals surface area contributed by atoms with Crippen LogP contribution in [-0.4, -0.2) is 91.5 Å². The molecule has 48 heavy (non-hydrogen) atoms. The number of aliphatic hydroxyl groups is 4. The molecule has 1 rings (SSSR count). The van der Waals surface area contributed by atoms with E-state index in [0.717, 1.165) is 44.9 Å². The Balaban J connectivity index is 2.70. The number of hydrogen-bond donors (Lipinski definition) is 7.